The average Bonchev–Trinajstić information content (AvgIpc) is 2.30. The molecule has 2 saturated carbocycles. The number of hydrogen-bond donors (Lipinski definition) is 1. The van der Waals surface area contributed by atoms with Crippen LogP contribution in [-0.4, -0.2) is 19.3 Å². The number of aliphatic hydroxyl groups is 1. The van der Waals surface area contributed by atoms with Crippen LogP contribution in [0.5, 0.6) is 0 Å². The van der Waals surface area contributed by atoms with E-state index in [1.807, 2.05) is 0 Å². The molecule has 0 aromatic carbocycles. The molecule has 4 atom stereocenters. The van der Waals surface area contributed by atoms with Gasteiger partial charge in [0.05, 0.1) is 9.34 Å². The first kappa shape index (κ1) is 10.9. The zero-order valence-electron chi connectivity index (χ0n) is 7.65. The molecule has 0 aromatic rings. The molecule has 0 heterocycles. The maximum Gasteiger partial charge on any atom is 0.0925 e. The summed E-state index contributed by atoms with van der Waals surface area (Å²) in [7, 11) is 0. The number of fused-ring (bicyclic) bond motifs is 1. The Morgan fingerprint density at radius 1 is 1.15 bits per heavy atom. The van der Waals surface area contributed by atoms with Gasteiger partial charge in [-0.1, -0.05) is 61.6 Å². The molecule has 0 unspecified atom stereocenters. The van der Waals surface area contributed by atoms with Crippen molar-refractivity contribution in [2.75, 3.05) is 0 Å². The zero-order chi connectivity index (χ0) is 10.1. The highest BCUT2D eigenvalue weighted by Crippen LogP contribution is 2.84. The highest BCUT2D eigenvalue weighted by atomic mass is 79.9. The van der Waals surface area contributed by atoms with Gasteiger partial charge in [-0.2, -0.15) is 0 Å². The molecule has 0 aromatic heterocycles. The fraction of sp³-hybridized carbons (Fsp3) is 1.00. The molecule has 0 saturated heterocycles. The maximum atomic E-state index is 9.80. The summed E-state index contributed by atoms with van der Waals surface area (Å²) in [4.78, 5) is 0.238. The van der Waals surface area contributed by atoms with Gasteiger partial charge in [0, 0.05) is 15.7 Å². The molecular weight excluding hydrogens is 364 g/mol. The highest BCUT2D eigenvalue weighted by molar-refractivity contribution is 9.25. The average molecular weight is 377 g/mol. The van der Waals surface area contributed by atoms with Crippen molar-refractivity contribution in [2.45, 2.75) is 40.9 Å². The van der Waals surface area contributed by atoms with Crippen LogP contribution in [0.4, 0.5) is 0 Å². The van der Waals surface area contributed by atoms with E-state index in [1.54, 1.807) is 0 Å². The van der Waals surface area contributed by atoms with Gasteiger partial charge in [-0.25, -0.2) is 0 Å². The van der Waals surface area contributed by atoms with Crippen molar-refractivity contribution < 1.29 is 5.11 Å². The van der Waals surface area contributed by atoms with Crippen LogP contribution >= 0.6 is 47.8 Å². The fourth-order valence-corrected chi connectivity index (χ4v) is 5.76. The molecule has 2 aliphatic rings. The van der Waals surface area contributed by atoms with Crippen molar-refractivity contribution in [2.24, 2.45) is 10.8 Å². The smallest absolute Gasteiger partial charge is 0.0925 e. The Balaban J connectivity index is 2.31. The van der Waals surface area contributed by atoms with Gasteiger partial charge in [-0.3, -0.25) is 0 Å². The second-order valence-corrected chi connectivity index (χ2v) is 9.35. The Labute approximate surface area is 104 Å². The minimum Gasteiger partial charge on any atom is -0.392 e. The predicted octanol–water partition coefficient (Wildman–Crippen LogP) is 3.42. The Morgan fingerprint density at radius 2 is 1.62 bits per heavy atom. The van der Waals surface area contributed by atoms with E-state index < -0.39 is 0 Å². The van der Waals surface area contributed by atoms with Gasteiger partial charge in [-0.05, 0) is 12.8 Å². The normalized spacial score (nSPS) is 58.6. The molecule has 0 aliphatic heterocycles. The summed E-state index contributed by atoms with van der Waals surface area (Å²) in [5, 5.41) is 9.80. The lowest BCUT2D eigenvalue weighted by Crippen LogP contribution is -2.33. The molecule has 4 heteroatoms. The Hall–Kier alpha value is 1.40. The highest BCUT2D eigenvalue weighted by Gasteiger charge is 2.81. The summed E-state index contributed by atoms with van der Waals surface area (Å²) in [5.41, 5.74) is 0.442. The third kappa shape index (κ3) is 1.07. The molecule has 2 rings (SSSR count). The Bertz CT molecular complexity index is 231. The lowest BCUT2D eigenvalue weighted by molar-refractivity contribution is 0.0888. The first-order chi connectivity index (χ1) is 5.76. The van der Waals surface area contributed by atoms with Crippen molar-refractivity contribution in [1.82, 2.24) is 0 Å². The molecule has 2 fully saturated rings. The molecule has 0 radical (unpaired) electrons. The van der Waals surface area contributed by atoms with Gasteiger partial charge < -0.3 is 5.11 Å². The van der Waals surface area contributed by atoms with E-state index in [0.717, 1.165) is 12.8 Å². The van der Waals surface area contributed by atoms with Crippen LogP contribution in [-0.2, 0) is 0 Å². The van der Waals surface area contributed by atoms with Crippen molar-refractivity contribution in [3.05, 3.63) is 0 Å². The number of hydrogen-bond acceptors (Lipinski definition) is 1. The zero-order valence-corrected chi connectivity index (χ0v) is 12.4. The van der Waals surface area contributed by atoms with Gasteiger partial charge in [-0.15, -0.1) is 0 Å². The van der Waals surface area contributed by atoms with Crippen LogP contribution in [0.1, 0.15) is 26.7 Å². The monoisotopic (exact) mass is 374 g/mol. The lowest BCUT2D eigenvalue weighted by atomic mass is 9.80. The summed E-state index contributed by atoms with van der Waals surface area (Å²) in [6.45, 7) is 4.51. The van der Waals surface area contributed by atoms with Crippen LogP contribution in [0.25, 0.3) is 0 Å². The van der Waals surface area contributed by atoms with Crippen LogP contribution < -0.4 is 0 Å². The quantitative estimate of drug-likeness (QED) is 0.642. The van der Waals surface area contributed by atoms with Crippen LogP contribution in [0.2, 0.25) is 0 Å². The van der Waals surface area contributed by atoms with Crippen molar-refractivity contribution in [1.29, 1.82) is 0 Å². The molecule has 0 amide bonds. The second-order valence-electron chi connectivity index (χ2n) is 4.73. The summed E-state index contributed by atoms with van der Waals surface area (Å²) >= 11 is 11.0. The summed E-state index contributed by atoms with van der Waals surface area (Å²) in [5.74, 6) is 0. The van der Waals surface area contributed by atoms with Crippen LogP contribution in [0.15, 0.2) is 0 Å². The summed E-state index contributed by atoms with van der Waals surface area (Å²) in [6.07, 6.45) is 1.66. The van der Waals surface area contributed by atoms with Gasteiger partial charge >= 0.3 is 0 Å². The largest absolute Gasteiger partial charge is 0.392 e. The number of rotatable bonds is 0. The summed E-state index contributed by atoms with van der Waals surface area (Å²) in [6, 6.07) is 0. The predicted molar refractivity (Wildman–Crippen MR) is 64.8 cm³/mol. The number of aliphatic hydroxyl groups excluding tert-OH is 1. The molecule has 1 nitrogen and oxygen atoms in total. The third-order valence-corrected chi connectivity index (χ3v) is 8.61. The Kier molecular flexibility index (Phi) is 2.30. The molecule has 2 aliphatic carbocycles. The van der Waals surface area contributed by atoms with Gasteiger partial charge in [0.1, 0.15) is 0 Å². The number of halogens is 3. The van der Waals surface area contributed by atoms with Crippen LogP contribution in [0, 0.1) is 10.8 Å². The molecular formula is C9H13Br3O. The third-order valence-electron chi connectivity index (χ3n) is 4.18. The minimum absolute atomic E-state index is 0.0174. The van der Waals surface area contributed by atoms with Crippen molar-refractivity contribution >= 4 is 47.8 Å². The lowest BCUT2D eigenvalue weighted by Gasteiger charge is -2.31. The topological polar surface area (TPSA) is 20.2 Å². The molecule has 13 heavy (non-hydrogen) atoms. The molecule has 1 N–H and O–H groups in total. The SMILES string of the molecule is C[C@@]12C[C@@H](O)[C@H](Br)C[C@]1(C)C2(Br)Br. The minimum atomic E-state index is -0.213. The summed E-state index contributed by atoms with van der Waals surface area (Å²) < 4.78 is 0.0174. The van der Waals surface area contributed by atoms with E-state index in [0.29, 0.717) is 0 Å². The second kappa shape index (κ2) is 2.74. The van der Waals surface area contributed by atoms with E-state index in [2.05, 4.69) is 61.6 Å². The first-order valence-electron chi connectivity index (χ1n) is 4.46. The van der Waals surface area contributed by atoms with E-state index in [-0.39, 0.29) is 25.0 Å². The van der Waals surface area contributed by atoms with Gasteiger partial charge in [0.2, 0.25) is 0 Å². The van der Waals surface area contributed by atoms with Crippen LogP contribution in [0.3, 0.4) is 0 Å². The van der Waals surface area contributed by atoms with Gasteiger partial charge in [0.15, 0.2) is 0 Å². The number of alkyl halides is 3. The van der Waals surface area contributed by atoms with E-state index in [4.69, 9.17) is 0 Å². The first-order valence-corrected chi connectivity index (χ1v) is 6.96. The van der Waals surface area contributed by atoms with E-state index in [1.165, 1.54) is 0 Å². The molecule has 76 valence electrons. The molecule has 0 bridgehead atoms. The van der Waals surface area contributed by atoms with Crippen molar-refractivity contribution in [3.63, 3.8) is 0 Å². The van der Waals surface area contributed by atoms with Crippen molar-refractivity contribution in [3.8, 4) is 0 Å². The standard InChI is InChI=1S/C9H13Br3O/c1-7-3-5(10)6(13)4-8(7,2)9(7,11)12/h5-6,13H,3-4H2,1-2H3/t5-,6-,7+,8-/m1/s1. The van der Waals surface area contributed by atoms with E-state index in [9.17, 15) is 5.11 Å². The van der Waals surface area contributed by atoms with Gasteiger partial charge in [0.25, 0.3) is 0 Å². The fourth-order valence-electron chi connectivity index (χ4n) is 2.73. The van der Waals surface area contributed by atoms with E-state index >= 15 is 0 Å². The Morgan fingerprint density at radius 3 is 2.08 bits per heavy atom. The maximum absolute atomic E-state index is 9.80. The molecule has 0 spiro atoms.